The van der Waals surface area contributed by atoms with Crippen LogP contribution < -0.4 is 4.90 Å². The number of hydrogen-bond donors (Lipinski definition) is 1. The molecule has 1 aliphatic heterocycles. The Labute approximate surface area is 121 Å². The van der Waals surface area contributed by atoms with E-state index in [-0.39, 0.29) is 24.1 Å². The summed E-state index contributed by atoms with van der Waals surface area (Å²) in [5, 5.41) is 29.1. The molecule has 21 heavy (non-hydrogen) atoms. The second-order valence-corrected chi connectivity index (χ2v) is 5.47. The van der Waals surface area contributed by atoms with Crippen LogP contribution in [0.5, 0.6) is 0 Å². The Bertz CT molecular complexity index is 596. The molecular formula is C13H16N4O4. The molecule has 1 aliphatic rings. The lowest BCUT2D eigenvalue weighted by Gasteiger charge is -2.42. The van der Waals surface area contributed by atoms with Gasteiger partial charge in [0.2, 0.25) is 5.69 Å². The Kier molecular flexibility index (Phi) is 4.06. The first kappa shape index (κ1) is 15.2. The summed E-state index contributed by atoms with van der Waals surface area (Å²) in [7, 11) is 0. The highest BCUT2D eigenvalue weighted by atomic mass is 16.6. The Morgan fingerprint density at radius 3 is 2.95 bits per heavy atom. The number of ether oxygens (including phenoxy) is 1. The smallest absolute Gasteiger partial charge is 0.305 e. The minimum Gasteiger partial charge on any atom is -0.394 e. The van der Waals surface area contributed by atoms with Gasteiger partial charge in [0, 0.05) is 19.2 Å². The van der Waals surface area contributed by atoms with E-state index in [1.807, 2.05) is 18.7 Å². The van der Waals surface area contributed by atoms with Gasteiger partial charge in [-0.1, -0.05) is 0 Å². The van der Waals surface area contributed by atoms with Crippen LogP contribution in [0, 0.1) is 21.4 Å². The van der Waals surface area contributed by atoms with E-state index in [1.165, 1.54) is 12.1 Å². The van der Waals surface area contributed by atoms with Crippen LogP contribution in [0.25, 0.3) is 0 Å². The van der Waals surface area contributed by atoms with Gasteiger partial charge in [0.15, 0.2) is 0 Å². The van der Waals surface area contributed by atoms with Crippen LogP contribution in [-0.4, -0.2) is 46.4 Å². The average molecular weight is 292 g/mol. The third-order valence-electron chi connectivity index (χ3n) is 3.17. The summed E-state index contributed by atoms with van der Waals surface area (Å²) >= 11 is 0. The third-order valence-corrected chi connectivity index (χ3v) is 3.17. The number of nitrogens with zero attached hydrogens (tertiary/aromatic N) is 4. The predicted molar refractivity (Wildman–Crippen MR) is 73.9 cm³/mol. The topological polar surface area (TPSA) is 113 Å². The van der Waals surface area contributed by atoms with E-state index in [0.29, 0.717) is 18.9 Å². The van der Waals surface area contributed by atoms with Gasteiger partial charge < -0.3 is 14.7 Å². The molecule has 8 nitrogen and oxygen atoms in total. The molecule has 0 bridgehead atoms. The molecule has 8 heteroatoms. The number of nitriles is 1. The maximum atomic E-state index is 10.8. The standard InChI is InChI=1S/C13H16N4O4/c1-13(2)8-16(6-9(7-18)21-13)12-4-3-11(17(19)20)10(5-14)15-12/h3-4,9,18H,6-8H2,1-2H3. The number of hydrogen-bond acceptors (Lipinski definition) is 7. The molecule has 2 heterocycles. The zero-order chi connectivity index (χ0) is 15.6. The van der Waals surface area contributed by atoms with Gasteiger partial charge >= 0.3 is 5.69 Å². The summed E-state index contributed by atoms with van der Waals surface area (Å²) in [6.45, 7) is 4.57. The van der Waals surface area contributed by atoms with Gasteiger partial charge in [-0.15, -0.1) is 0 Å². The van der Waals surface area contributed by atoms with Crippen LogP contribution in [0.15, 0.2) is 12.1 Å². The second kappa shape index (κ2) is 5.63. The predicted octanol–water partition coefficient (Wildman–Crippen LogP) is 0.838. The maximum Gasteiger partial charge on any atom is 0.305 e. The highest BCUT2D eigenvalue weighted by molar-refractivity contribution is 5.52. The van der Waals surface area contributed by atoms with Crippen molar-refractivity contribution in [2.24, 2.45) is 0 Å². The van der Waals surface area contributed by atoms with Gasteiger partial charge in [0.1, 0.15) is 11.9 Å². The quantitative estimate of drug-likeness (QED) is 0.648. The fraction of sp³-hybridized carbons (Fsp3) is 0.538. The van der Waals surface area contributed by atoms with Crippen molar-refractivity contribution in [1.82, 2.24) is 4.98 Å². The number of aliphatic hydroxyl groups excluding tert-OH is 1. The summed E-state index contributed by atoms with van der Waals surface area (Å²) in [5.74, 6) is 0.465. The van der Waals surface area contributed by atoms with Gasteiger partial charge in [-0.3, -0.25) is 10.1 Å². The molecule has 1 fully saturated rings. The van der Waals surface area contributed by atoms with Gasteiger partial charge in [-0.25, -0.2) is 4.98 Å². The molecule has 1 unspecified atom stereocenters. The average Bonchev–Trinajstić information content (AvgIpc) is 2.44. The zero-order valence-corrected chi connectivity index (χ0v) is 11.8. The van der Waals surface area contributed by atoms with E-state index in [1.54, 1.807) is 6.07 Å². The number of nitro groups is 1. The lowest BCUT2D eigenvalue weighted by Crippen LogP contribution is -2.54. The highest BCUT2D eigenvalue weighted by Crippen LogP contribution is 2.27. The van der Waals surface area contributed by atoms with Crippen molar-refractivity contribution >= 4 is 11.5 Å². The monoisotopic (exact) mass is 292 g/mol. The Hall–Kier alpha value is -2.24. The lowest BCUT2D eigenvalue weighted by molar-refractivity contribution is -0.385. The molecule has 0 aromatic carbocycles. The molecular weight excluding hydrogens is 276 g/mol. The van der Waals surface area contributed by atoms with Crippen molar-refractivity contribution in [3.05, 3.63) is 27.9 Å². The molecule has 1 aromatic heterocycles. The van der Waals surface area contributed by atoms with E-state index in [9.17, 15) is 15.2 Å². The number of anilines is 1. The number of morpholine rings is 1. The largest absolute Gasteiger partial charge is 0.394 e. The zero-order valence-electron chi connectivity index (χ0n) is 11.8. The molecule has 112 valence electrons. The number of aromatic nitrogens is 1. The van der Waals surface area contributed by atoms with E-state index in [0.717, 1.165) is 0 Å². The molecule has 0 aliphatic carbocycles. The summed E-state index contributed by atoms with van der Waals surface area (Å²) in [6.07, 6.45) is -0.365. The fourth-order valence-electron chi connectivity index (χ4n) is 2.41. The summed E-state index contributed by atoms with van der Waals surface area (Å²) < 4.78 is 5.70. The molecule has 2 rings (SSSR count). The molecule has 1 saturated heterocycles. The Morgan fingerprint density at radius 1 is 1.67 bits per heavy atom. The SMILES string of the molecule is CC1(C)CN(c2ccc([N+](=O)[O-])c(C#N)n2)CC(CO)O1. The molecule has 1 aromatic rings. The number of pyridine rings is 1. The first-order valence-electron chi connectivity index (χ1n) is 6.45. The Balaban J connectivity index is 2.33. The van der Waals surface area contributed by atoms with E-state index < -0.39 is 10.5 Å². The fourth-order valence-corrected chi connectivity index (χ4v) is 2.41. The van der Waals surface area contributed by atoms with Crippen molar-refractivity contribution < 1.29 is 14.8 Å². The van der Waals surface area contributed by atoms with Gasteiger partial charge in [-0.2, -0.15) is 5.26 Å². The first-order chi connectivity index (χ1) is 9.86. The van der Waals surface area contributed by atoms with Crippen LogP contribution in [0.1, 0.15) is 19.5 Å². The number of rotatable bonds is 3. The van der Waals surface area contributed by atoms with Gasteiger partial charge in [0.25, 0.3) is 0 Å². The van der Waals surface area contributed by atoms with E-state index in [2.05, 4.69) is 4.98 Å². The van der Waals surface area contributed by atoms with Gasteiger partial charge in [0.05, 0.1) is 23.2 Å². The number of aliphatic hydroxyl groups is 1. The van der Waals surface area contributed by atoms with Crippen molar-refractivity contribution in [1.29, 1.82) is 5.26 Å². The van der Waals surface area contributed by atoms with Crippen LogP contribution in [0.3, 0.4) is 0 Å². The lowest BCUT2D eigenvalue weighted by atomic mass is 10.1. The van der Waals surface area contributed by atoms with Crippen LogP contribution in [0.2, 0.25) is 0 Å². The van der Waals surface area contributed by atoms with Crippen molar-refractivity contribution in [3.8, 4) is 6.07 Å². The summed E-state index contributed by atoms with van der Waals surface area (Å²) in [5.41, 5.74) is -1.02. The van der Waals surface area contributed by atoms with Crippen molar-refractivity contribution in [2.75, 3.05) is 24.6 Å². The third kappa shape index (κ3) is 3.26. The molecule has 1 atom stereocenters. The normalized spacial score (nSPS) is 20.9. The summed E-state index contributed by atoms with van der Waals surface area (Å²) in [4.78, 5) is 16.1. The second-order valence-electron chi connectivity index (χ2n) is 5.47. The van der Waals surface area contributed by atoms with E-state index >= 15 is 0 Å². The van der Waals surface area contributed by atoms with Gasteiger partial charge in [-0.05, 0) is 19.9 Å². The molecule has 0 amide bonds. The van der Waals surface area contributed by atoms with Crippen LogP contribution in [0.4, 0.5) is 11.5 Å². The maximum absolute atomic E-state index is 10.8. The minimum atomic E-state index is -0.630. The first-order valence-corrected chi connectivity index (χ1v) is 6.45. The molecule has 0 saturated carbocycles. The molecule has 0 spiro atoms. The van der Waals surface area contributed by atoms with Crippen LogP contribution in [-0.2, 0) is 4.74 Å². The van der Waals surface area contributed by atoms with E-state index in [4.69, 9.17) is 10.00 Å². The molecule has 1 N–H and O–H groups in total. The Morgan fingerprint density at radius 2 is 2.38 bits per heavy atom. The van der Waals surface area contributed by atoms with Crippen LogP contribution >= 0.6 is 0 Å². The molecule has 0 radical (unpaired) electrons. The summed E-state index contributed by atoms with van der Waals surface area (Å²) in [6, 6.07) is 4.53. The minimum absolute atomic E-state index is 0.127. The highest BCUT2D eigenvalue weighted by Gasteiger charge is 2.34. The van der Waals surface area contributed by atoms with Crippen molar-refractivity contribution in [3.63, 3.8) is 0 Å². The van der Waals surface area contributed by atoms with Crippen molar-refractivity contribution in [2.45, 2.75) is 25.6 Å².